The monoisotopic (exact) mass is 248 g/mol. The number of rotatable bonds is 8. The van der Waals surface area contributed by atoms with E-state index >= 15 is 0 Å². The number of benzene rings is 1. The highest BCUT2D eigenvalue weighted by Crippen LogP contribution is 2.08. The zero-order chi connectivity index (χ0) is 13.4. The highest BCUT2D eigenvalue weighted by Gasteiger charge is 2.09. The molecular weight excluding hydrogens is 220 g/mol. The number of hydrogen-bond acceptors (Lipinski definition) is 2. The topological polar surface area (TPSA) is 15.3 Å². The van der Waals surface area contributed by atoms with E-state index in [-0.39, 0.29) is 0 Å². The fourth-order valence-electron chi connectivity index (χ4n) is 2.46. The average Bonchev–Trinajstić information content (AvgIpc) is 2.29. The van der Waals surface area contributed by atoms with Crippen molar-refractivity contribution in [3.63, 3.8) is 0 Å². The quantitative estimate of drug-likeness (QED) is 0.760. The van der Waals surface area contributed by atoms with Crippen molar-refractivity contribution in [2.24, 2.45) is 0 Å². The molecule has 0 aliphatic heterocycles. The van der Waals surface area contributed by atoms with Crippen LogP contribution in [0.25, 0.3) is 0 Å². The molecular formula is C16H28N2. The highest BCUT2D eigenvalue weighted by molar-refractivity contribution is 5.21. The molecule has 18 heavy (non-hydrogen) atoms. The van der Waals surface area contributed by atoms with E-state index in [2.05, 4.69) is 62.3 Å². The second kappa shape index (κ2) is 8.28. The predicted molar refractivity (Wildman–Crippen MR) is 79.9 cm³/mol. The molecule has 1 atom stereocenters. The first kappa shape index (κ1) is 15.2. The van der Waals surface area contributed by atoms with E-state index in [4.69, 9.17) is 0 Å². The number of nitrogens with one attached hydrogen (secondary N) is 1. The van der Waals surface area contributed by atoms with Gasteiger partial charge in [-0.2, -0.15) is 0 Å². The smallest absolute Gasteiger partial charge is 0.0231 e. The number of likely N-dealkylation sites (N-methyl/N-ethyl adjacent to an activating group) is 2. The Balaban J connectivity index is 2.46. The summed E-state index contributed by atoms with van der Waals surface area (Å²) in [5.41, 5.74) is 2.75. The third-order valence-corrected chi connectivity index (χ3v) is 3.20. The lowest BCUT2D eigenvalue weighted by Crippen LogP contribution is -2.39. The molecule has 102 valence electrons. The standard InChI is InChI=1S/C16H28N2/c1-5-8-16(17-6-2)13-18(4)12-15-10-7-9-14(3)11-15/h7,9-11,16-17H,5-6,8,12-13H2,1-4H3. The molecule has 1 N–H and O–H groups in total. The van der Waals surface area contributed by atoms with Crippen molar-refractivity contribution in [1.29, 1.82) is 0 Å². The average molecular weight is 248 g/mol. The zero-order valence-corrected chi connectivity index (χ0v) is 12.4. The summed E-state index contributed by atoms with van der Waals surface area (Å²) in [6.45, 7) is 9.81. The molecule has 0 amide bonds. The fraction of sp³-hybridized carbons (Fsp3) is 0.625. The van der Waals surface area contributed by atoms with Gasteiger partial charge in [0.05, 0.1) is 0 Å². The van der Waals surface area contributed by atoms with Gasteiger partial charge in [-0.25, -0.2) is 0 Å². The maximum Gasteiger partial charge on any atom is 0.0231 e. The zero-order valence-electron chi connectivity index (χ0n) is 12.4. The Morgan fingerprint density at radius 2 is 2.06 bits per heavy atom. The Morgan fingerprint density at radius 1 is 1.28 bits per heavy atom. The molecule has 0 spiro atoms. The SMILES string of the molecule is CCCC(CN(C)Cc1cccc(C)c1)NCC. The maximum absolute atomic E-state index is 3.57. The fourth-order valence-corrected chi connectivity index (χ4v) is 2.46. The van der Waals surface area contributed by atoms with Crippen LogP contribution in [-0.4, -0.2) is 31.1 Å². The summed E-state index contributed by atoms with van der Waals surface area (Å²) in [5.74, 6) is 0. The molecule has 2 nitrogen and oxygen atoms in total. The van der Waals surface area contributed by atoms with Gasteiger partial charge in [0.1, 0.15) is 0 Å². The van der Waals surface area contributed by atoms with Crippen LogP contribution in [0.3, 0.4) is 0 Å². The first-order valence-electron chi connectivity index (χ1n) is 7.13. The van der Waals surface area contributed by atoms with Crippen molar-refractivity contribution in [1.82, 2.24) is 10.2 Å². The molecule has 0 heterocycles. The van der Waals surface area contributed by atoms with E-state index in [1.54, 1.807) is 0 Å². The van der Waals surface area contributed by atoms with E-state index in [0.29, 0.717) is 6.04 Å². The van der Waals surface area contributed by atoms with E-state index in [1.807, 2.05) is 0 Å². The number of nitrogens with zero attached hydrogens (tertiary/aromatic N) is 1. The summed E-state index contributed by atoms with van der Waals surface area (Å²) in [5, 5.41) is 3.57. The van der Waals surface area contributed by atoms with Gasteiger partial charge in [-0.1, -0.05) is 50.1 Å². The molecule has 1 aromatic carbocycles. The van der Waals surface area contributed by atoms with Gasteiger partial charge in [0.15, 0.2) is 0 Å². The Morgan fingerprint density at radius 3 is 2.67 bits per heavy atom. The maximum atomic E-state index is 3.57. The largest absolute Gasteiger partial charge is 0.313 e. The lowest BCUT2D eigenvalue weighted by molar-refractivity contribution is 0.275. The summed E-state index contributed by atoms with van der Waals surface area (Å²) in [7, 11) is 2.21. The highest BCUT2D eigenvalue weighted by atomic mass is 15.1. The van der Waals surface area contributed by atoms with Crippen LogP contribution in [0.2, 0.25) is 0 Å². The van der Waals surface area contributed by atoms with E-state index in [1.165, 1.54) is 24.0 Å². The molecule has 0 aromatic heterocycles. The molecule has 1 aromatic rings. The lowest BCUT2D eigenvalue weighted by Gasteiger charge is -2.24. The Labute approximate surface area is 112 Å². The molecule has 1 rings (SSSR count). The molecule has 0 fully saturated rings. The third-order valence-electron chi connectivity index (χ3n) is 3.20. The molecule has 0 bridgehead atoms. The van der Waals surface area contributed by atoms with Gasteiger partial charge in [-0.15, -0.1) is 0 Å². The second-order valence-corrected chi connectivity index (χ2v) is 5.23. The normalized spacial score (nSPS) is 12.9. The van der Waals surface area contributed by atoms with Gasteiger partial charge in [0, 0.05) is 19.1 Å². The van der Waals surface area contributed by atoms with Crippen molar-refractivity contribution in [2.45, 2.75) is 46.2 Å². The van der Waals surface area contributed by atoms with E-state index < -0.39 is 0 Å². The van der Waals surface area contributed by atoms with Crippen LogP contribution < -0.4 is 5.32 Å². The summed E-state index contributed by atoms with van der Waals surface area (Å²) in [4.78, 5) is 2.41. The van der Waals surface area contributed by atoms with Gasteiger partial charge >= 0.3 is 0 Å². The van der Waals surface area contributed by atoms with Gasteiger partial charge in [0.2, 0.25) is 0 Å². The Hall–Kier alpha value is -0.860. The minimum absolute atomic E-state index is 0.620. The van der Waals surface area contributed by atoms with Crippen molar-refractivity contribution in [3.8, 4) is 0 Å². The number of hydrogen-bond donors (Lipinski definition) is 1. The lowest BCUT2D eigenvalue weighted by atomic mass is 10.1. The molecule has 2 heteroatoms. The van der Waals surface area contributed by atoms with Crippen LogP contribution >= 0.6 is 0 Å². The van der Waals surface area contributed by atoms with Crippen molar-refractivity contribution < 1.29 is 0 Å². The van der Waals surface area contributed by atoms with Crippen LogP contribution in [0.5, 0.6) is 0 Å². The summed E-state index contributed by atoms with van der Waals surface area (Å²) in [6.07, 6.45) is 2.50. The second-order valence-electron chi connectivity index (χ2n) is 5.23. The van der Waals surface area contributed by atoms with Crippen LogP contribution in [-0.2, 0) is 6.54 Å². The van der Waals surface area contributed by atoms with Crippen LogP contribution in [0.4, 0.5) is 0 Å². The third kappa shape index (κ3) is 5.65. The van der Waals surface area contributed by atoms with Crippen molar-refractivity contribution >= 4 is 0 Å². The minimum atomic E-state index is 0.620. The summed E-state index contributed by atoms with van der Waals surface area (Å²) < 4.78 is 0. The van der Waals surface area contributed by atoms with Crippen LogP contribution in [0.1, 0.15) is 37.8 Å². The van der Waals surface area contributed by atoms with Crippen LogP contribution in [0.15, 0.2) is 24.3 Å². The van der Waals surface area contributed by atoms with Crippen molar-refractivity contribution in [2.75, 3.05) is 20.1 Å². The van der Waals surface area contributed by atoms with Gasteiger partial charge in [0.25, 0.3) is 0 Å². The summed E-state index contributed by atoms with van der Waals surface area (Å²) >= 11 is 0. The number of aryl methyl sites for hydroxylation is 1. The molecule has 0 aliphatic carbocycles. The predicted octanol–water partition coefficient (Wildman–Crippen LogP) is 3.21. The Bertz CT molecular complexity index is 330. The van der Waals surface area contributed by atoms with Crippen LogP contribution in [0, 0.1) is 6.92 Å². The molecule has 0 radical (unpaired) electrons. The minimum Gasteiger partial charge on any atom is -0.313 e. The van der Waals surface area contributed by atoms with Gasteiger partial charge in [-0.05, 0) is 32.5 Å². The molecule has 0 aliphatic rings. The first-order chi connectivity index (χ1) is 8.65. The first-order valence-corrected chi connectivity index (χ1v) is 7.13. The van der Waals surface area contributed by atoms with Gasteiger partial charge < -0.3 is 10.2 Å². The summed E-state index contributed by atoms with van der Waals surface area (Å²) in [6, 6.07) is 9.41. The molecule has 0 saturated carbocycles. The molecule has 0 saturated heterocycles. The Kier molecular flexibility index (Phi) is 6.99. The van der Waals surface area contributed by atoms with E-state index in [9.17, 15) is 0 Å². The van der Waals surface area contributed by atoms with Gasteiger partial charge in [-0.3, -0.25) is 0 Å². The van der Waals surface area contributed by atoms with E-state index in [0.717, 1.165) is 19.6 Å². The van der Waals surface area contributed by atoms with Crippen molar-refractivity contribution in [3.05, 3.63) is 35.4 Å². The molecule has 1 unspecified atom stereocenters.